The van der Waals surface area contributed by atoms with Crippen molar-refractivity contribution in [3.8, 4) is 11.1 Å². The standard InChI is InChI=1S/C32H35N5O5S/c1-5-9-29-34-27-15-13-24(17-30(38)39)33-32(27)36(29)18-22-12-14-25(23(16-22)19-41-6-2)26-10-7-8-11-28(26)43-37(40)31-20(3)21(4)42-35-31/h7-8,10-16,40H,5-6,9,17-19H2,1-4H3,(H,38,39). The van der Waals surface area contributed by atoms with E-state index < -0.39 is 5.97 Å². The Morgan fingerprint density at radius 1 is 1.07 bits per heavy atom. The molecule has 3 aromatic heterocycles. The molecule has 0 fully saturated rings. The Balaban J connectivity index is 1.51. The van der Waals surface area contributed by atoms with Crippen LogP contribution in [0.5, 0.6) is 0 Å². The van der Waals surface area contributed by atoms with E-state index in [9.17, 15) is 15.1 Å². The van der Waals surface area contributed by atoms with Gasteiger partial charge >= 0.3 is 5.97 Å². The largest absolute Gasteiger partial charge is 0.481 e. The van der Waals surface area contributed by atoms with Crippen molar-refractivity contribution < 1.29 is 24.4 Å². The van der Waals surface area contributed by atoms with Crippen LogP contribution in [0, 0.1) is 13.8 Å². The first-order chi connectivity index (χ1) is 20.8. The molecule has 0 aliphatic heterocycles. The summed E-state index contributed by atoms with van der Waals surface area (Å²) in [6.07, 6.45) is 1.56. The number of fused-ring (bicyclic) bond motifs is 1. The van der Waals surface area contributed by atoms with Gasteiger partial charge in [-0.05, 0) is 67.6 Å². The fourth-order valence-electron chi connectivity index (χ4n) is 4.93. The number of ether oxygens (including phenoxy) is 1. The van der Waals surface area contributed by atoms with Crippen LogP contribution in [0.3, 0.4) is 0 Å². The molecule has 0 aliphatic carbocycles. The van der Waals surface area contributed by atoms with Crippen LogP contribution < -0.4 is 4.47 Å². The smallest absolute Gasteiger partial charge is 0.309 e. The molecule has 5 rings (SSSR count). The van der Waals surface area contributed by atoms with Gasteiger partial charge in [0.15, 0.2) is 5.65 Å². The molecule has 0 saturated heterocycles. The number of imidazole rings is 1. The molecule has 0 atom stereocenters. The molecule has 0 saturated carbocycles. The van der Waals surface area contributed by atoms with E-state index in [-0.39, 0.29) is 6.42 Å². The zero-order chi connectivity index (χ0) is 30.5. The van der Waals surface area contributed by atoms with E-state index in [4.69, 9.17) is 14.2 Å². The highest BCUT2D eigenvalue weighted by Gasteiger charge is 2.20. The highest BCUT2D eigenvalue weighted by molar-refractivity contribution is 8.00. The molecule has 43 heavy (non-hydrogen) atoms. The fraction of sp³-hybridized carbons (Fsp3) is 0.312. The summed E-state index contributed by atoms with van der Waals surface area (Å²) in [4.78, 5) is 21.7. The molecular weight excluding hydrogens is 566 g/mol. The zero-order valence-corrected chi connectivity index (χ0v) is 25.5. The summed E-state index contributed by atoms with van der Waals surface area (Å²) < 4.78 is 14.3. The number of carboxylic acid groups (broad SMARTS) is 1. The van der Waals surface area contributed by atoms with Gasteiger partial charge in [0.05, 0.1) is 25.3 Å². The molecule has 11 heteroatoms. The maximum atomic E-state index is 11.3. The second-order valence-electron chi connectivity index (χ2n) is 10.3. The van der Waals surface area contributed by atoms with Gasteiger partial charge in [-0.3, -0.25) is 10.0 Å². The molecular formula is C32H35N5O5S. The lowest BCUT2D eigenvalue weighted by Crippen LogP contribution is -2.10. The minimum absolute atomic E-state index is 0.143. The molecule has 0 radical (unpaired) electrons. The fourth-order valence-corrected chi connectivity index (χ4v) is 5.79. The van der Waals surface area contributed by atoms with E-state index in [0.29, 0.717) is 42.7 Å². The summed E-state index contributed by atoms with van der Waals surface area (Å²) in [5.41, 5.74) is 6.70. The molecule has 10 nitrogen and oxygen atoms in total. The average molecular weight is 602 g/mol. The van der Waals surface area contributed by atoms with E-state index in [1.54, 1.807) is 6.07 Å². The highest BCUT2D eigenvalue weighted by atomic mass is 32.2. The summed E-state index contributed by atoms with van der Waals surface area (Å²) in [5.74, 6) is 1.00. The van der Waals surface area contributed by atoms with Gasteiger partial charge in [-0.15, -0.1) is 0 Å². The van der Waals surface area contributed by atoms with Crippen LogP contribution in [0.15, 0.2) is 64.0 Å². The van der Waals surface area contributed by atoms with Crippen molar-refractivity contribution in [1.29, 1.82) is 0 Å². The lowest BCUT2D eigenvalue weighted by atomic mass is 9.97. The summed E-state index contributed by atoms with van der Waals surface area (Å²) in [5, 5.41) is 24.2. The number of hydrogen-bond acceptors (Lipinski definition) is 9. The van der Waals surface area contributed by atoms with Crippen molar-refractivity contribution in [1.82, 2.24) is 19.7 Å². The lowest BCUT2D eigenvalue weighted by Gasteiger charge is -2.18. The number of aromatic nitrogens is 4. The first kappa shape index (κ1) is 30.3. The van der Waals surface area contributed by atoms with Crippen LogP contribution in [0.25, 0.3) is 22.3 Å². The van der Waals surface area contributed by atoms with Gasteiger partial charge in [0.1, 0.15) is 17.1 Å². The lowest BCUT2D eigenvalue weighted by molar-refractivity contribution is -0.136. The predicted octanol–water partition coefficient (Wildman–Crippen LogP) is 6.77. The number of pyridine rings is 1. The number of hydrogen-bond donors (Lipinski definition) is 2. The van der Waals surface area contributed by atoms with Crippen LogP contribution >= 0.6 is 11.9 Å². The third-order valence-electron chi connectivity index (χ3n) is 7.18. The monoisotopic (exact) mass is 601 g/mol. The quantitative estimate of drug-likeness (QED) is 0.110. The second kappa shape index (κ2) is 13.4. The minimum atomic E-state index is -0.920. The molecule has 3 heterocycles. The number of anilines is 1. The van der Waals surface area contributed by atoms with Crippen molar-refractivity contribution in [2.45, 2.75) is 65.0 Å². The topological polar surface area (TPSA) is 127 Å². The second-order valence-corrected chi connectivity index (χ2v) is 11.2. The minimum Gasteiger partial charge on any atom is -0.481 e. The van der Waals surface area contributed by atoms with Crippen molar-refractivity contribution in [2.24, 2.45) is 0 Å². The van der Waals surface area contributed by atoms with Crippen LogP contribution in [-0.4, -0.2) is 42.6 Å². The average Bonchev–Trinajstić information content (AvgIpc) is 3.50. The van der Waals surface area contributed by atoms with Crippen LogP contribution in [-0.2, 0) is 35.5 Å². The number of rotatable bonds is 13. The maximum Gasteiger partial charge on any atom is 0.309 e. The van der Waals surface area contributed by atoms with Crippen molar-refractivity contribution in [3.63, 3.8) is 0 Å². The maximum absolute atomic E-state index is 11.3. The van der Waals surface area contributed by atoms with E-state index in [1.807, 2.05) is 51.1 Å². The molecule has 2 N–H and O–H groups in total. The first-order valence-corrected chi connectivity index (χ1v) is 15.0. The Labute approximate surface area is 254 Å². The molecule has 0 unspecified atom stereocenters. The third kappa shape index (κ3) is 6.74. The molecule has 2 aromatic carbocycles. The Morgan fingerprint density at radius 2 is 1.88 bits per heavy atom. The molecule has 0 bridgehead atoms. The van der Waals surface area contributed by atoms with Gasteiger partial charge in [0, 0.05) is 35.4 Å². The molecule has 5 aromatic rings. The number of benzene rings is 2. The Hall–Kier alpha value is -4.19. The van der Waals surface area contributed by atoms with Crippen molar-refractivity contribution in [3.05, 3.63) is 88.6 Å². The third-order valence-corrected chi connectivity index (χ3v) is 8.08. The van der Waals surface area contributed by atoms with Crippen LogP contribution in [0.1, 0.15) is 54.2 Å². The number of nitrogens with zero attached hydrogens (tertiary/aromatic N) is 5. The van der Waals surface area contributed by atoms with Gasteiger partial charge in [-0.1, -0.05) is 48.5 Å². The van der Waals surface area contributed by atoms with E-state index in [0.717, 1.165) is 73.3 Å². The molecule has 224 valence electrons. The molecule has 0 aliphatic rings. The number of aliphatic carboxylic acids is 1. The van der Waals surface area contributed by atoms with Crippen LogP contribution in [0.2, 0.25) is 0 Å². The Bertz CT molecular complexity index is 1750. The van der Waals surface area contributed by atoms with Crippen molar-refractivity contribution >= 4 is 34.9 Å². The number of carbonyl (C=O) groups is 1. The summed E-state index contributed by atoms with van der Waals surface area (Å²) in [6.45, 7) is 9.25. The van der Waals surface area contributed by atoms with Gasteiger partial charge in [0.25, 0.3) is 0 Å². The van der Waals surface area contributed by atoms with Crippen molar-refractivity contribution in [2.75, 3.05) is 11.1 Å². The van der Waals surface area contributed by atoms with Gasteiger partial charge in [0.2, 0.25) is 5.82 Å². The van der Waals surface area contributed by atoms with Gasteiger partial charge in [-0.2, -0.15) is 4.47 Å². The Morgan fingerprint density at radius 3 is 2.60 bits per heavy atom. The highest BCUT2D eigenvalue weighted by Crippen LogP contribution is 2.38. The summed E-state index contributed by atoms with van der Waals surface area (Å²) in [6, 6.07) is 17.8. The van der Waals surface area contributed by atoms with Gasteiger partial charge in [-0.25, -0.2) is 9.97 Å². The number of aryl methyl sites for hydroxylation is 2. The van der Waals surface area contributed by atoms with Gasteiger partial charge < -0.3 is 18.9 Å². The normalized spacial score (nSPS) is 11.4. The van der Waals surface area contributed by atoms with E-state index >= 15 is 0 Å². The van der Waals surface area contributed by atoms with E-state index in [1.165, 1.54) is 0 Å². The molecule has 0 amide bonds. The SMILES string of the molecule is CCCc1nc2ccc(CC(=O)O)nc2n1Cc1ccc(-c2ccccc2SN(O)c2noc(C)c2C)c(COCC)c1. The predicted molar refractivity (Wildman–Crippen MR) is 165 cm³/mol. The first-order valence-electron chi connectivity index (χ1n) is 14.2. The molecule has 0 spiro atoms. The summed E-state index contributed by atoms with van der Waals surface area (Å²) in [7, 11) is 0. The summed E-state index contributed by atoms with van der Waals surface area (Å²) >= 11 is 1.16. The van der Waals surface area contributed by atoms with Crippen LogP contribution in [0.4, 0.5) is 5.82 Å². The van der Waals surface area contributed by atoms with E-state index in [2.05, 4.69) is 39.8 Å². The Kier molecular flexibility index (Phi) is 9.44. The number of carboxylic acids is 1. The zero-order valence-electron chi connectivity index (χ0n) is 24.7.